The molecule has 1 saturated carbocycles. The van der Waals surface area contributed by atoms with Gasteiger partial charge in [-0.15, -0.1) is 0 Å². The fraction of sp³-hybridized carbons (Fsp3) is 0.696. The number of amides is 1. The molecule has 2 saturated heterocycles. The lowest BCUT2D eigenvalue weighted by molar-refractivity contribution is -0.120. The molecule has 1 aromatic carbocycles. The lowest BCUT2D eigenvalue weighted by Crippen LogP contribution is -2.40. The summed E-state index contributed by atoms with van der Waals surface area (Å²) in [7, 11) is -3.63. The van der Waals surface area contributed by atoms with Crippen LogP contribution in [0.15, 0.2) is 23.1 Å². The van der Waals surface area contributed by atoms with E-state index in [1.165, 1.54) is 10.7 Å². The molecule has 33 heavy (non-hydrogen) atoms. The second-order valence-electron chi connectivity index (χ2n) is 9.00. The number of sulfonamides is 1. The van der Waals surface area contributed by atoms with Crippen LogP contribution in [-0.4, -0.2) is 76.8 Å². The van der Waals surface area contributed by atoms with Crippen molar-refractivity contribution in [1.29, 1.82) is 0 Å². The van der Waals surface area contributed by atoms with Crippen LogP contribution < -0.4 is 16.0 Å². The Hall–Kier alpha value is -1.88. The molecule has 1 atom stereocenters. The zero-order chi connectivity index (χ0) is 23.1. The van der Waals surface area contributed by atoms with Crippen molar-refractivity contribution < 1.29 is 22.7 Å². The van der Waals surface area contributed by atoms with Crippen molar-refractivity contribution in [1.82, 2.24) is 9.62 Å². The third-order valence-electron chi connectivity index (χ3n) is 6.55. The predicted octanol–water partition coefficient (Wildman–Crippen LogP) is 2.16. The number of ether oxygens (including phenoxy) is 2. The van der Waals surface area contributed by atoms with E-state index in [2.05, 4.69) is 16.0 Å². The van der Waals surface area contributed by atoms with Crippen LogP contribution in [0.3, 0.4) is 0 Å². The average Bonchev–Trinajstić information content (AvgIpc) is 3.36. The maximum atomic E-state index is 13.1. The molecule has 4 rings (SSSR count). The Morgan fingerprint density at radius 3 is 2.48 bits per heavy atom. The first-order chi connectivity index (χ1) is 16.0. The first-order valence-corrected chi connectivity index (χ1v) is 13.6. The number of hydrogen-bond donors (Lipinski definition) is 3. The lowest BCUT2D eigenvalue weighted by Gasteiger charge is -2.26. The molecule has 3 N–H and O–H groups in total. The third kappa shape index (κ3) is 6.59. The van der Waals surface area contributed by atoms with E-state index in [-0.39, 0.29) is 29.5 Å². The minimum atomic E-state index is -3.63. The molecule has 10 heteroatoms. The van der Waals surface area contributed by atoms with Gasteiger partial charge in [-0.1, -0.05) is 19.3 Å². The Labute approximate surface area is 196 Å². The maximum absolute atomic E-state index is 13.1. The molecule has 2 heterocycles. The van der Waals surface area contributed by atoms with Gasteiger partial charge in [0.2, 0.25) is 15.9 Å². The second-order valence-corrected chi connectivity index (χ2v) is 10.9. The first-order valence-electron chi connectivity index (χ1n) is 12.1. The Kier molecular flexibility index (Phi) is 8.45. The largest absolute Gasteiger partial charge is 0.381 e. The monoisotopic (exact) mass is 480 g/mol. The van der Waals surface area contributed by atoms with Crippen molar-refractivity contribution in [3.05, 3.63) is 18.2 Å². The summed E-state index contributed by atoms with van der Waals surface area (Å²) in [5.41, 5.74) is 1.36. The molecule has 1 aromatic rings. The molecular weight excluding hydrogens is 444 g/mol. The summed E-state index contributed by atoms with van der Waals surface area (Å²) < 4.78 is 38.7. The van der Waals surface area contributed by atoms with Crippen molar-refractivity contribution in [3.63, 3.8) is 0 Å². The summed E-state index contributed by atoms with van der Waals surface area (Å²) in [6.45, 7) is 2.97. The van der Waals surface area contributed by atoms with E-state index in [0.29, 0.717) is 38.5 Å². The zero-order valence-electron chi connectivity index (χ0n) is 19.2. The summed E-state index contributed by atoms with van der Waals surface area (Å²) in [5.74, 6) is -0.0755. The molecule has 0 spiro atoms. The summed E-state index contributed by atoms with van der Waals surface area (Å²) in [6, 6.07) is 5.24. The quantitative estimate of drug-likeness (QED) is 0.497. The molecule has 0 aromatic heterocycles. The summed E-state index contributed by atoms with van der Waals surface area (Å²) in [4.78, 5) is 12.7. The average molecular weight is 481 g/mol. The molecule has 1 aliphatic carbocycles. The van der Waals surface area contributed by atoms with E-state index in [1.807, 2.05) is 0 Å². The zero-order valence-corrected chi connectivity index (χ0v) is 20.0. The Bertz CT molecular complexity index is 892. The Morgan fingerprint density at radius 1 is 0.970 bits per heavy atom. The maximum Gasteiger partial charge on any atom is 0.243 e. The van der Waals surface area contributed by atoms with Gasteiger partial charge in [-0.05, 0) is 43.9 Å². The molecule has 3 aliphatic rings. The topological polar surface area (TPSA) is 109 Å². The molecule has 9 nitrogen and oxygen atoms in total. The van der Waals surface area contributed by atoms with E-state index < -0.39 is 10.0 Å². The molecule has 0 bridgehead atoms. The van der Waals surface area contributed by atoms with Crippen molar-refractivity contribution >= 4 is 27.3 Å². The van der Waals surface area contributed by atoms with Gasteiger partial charge in [0, 0.05) is 32.3 Å². The van der Waals surface area contributed by atoms with E-state index in [9.17, 15) is 13.2 Å². The van der Waals surface area contributed by atoms with E-state index in [4.69, 9.17) is 9.47 Å². The van der Waals surface area contributed by atoms with Gasteiger partial charge in [-0.25, -0.2) is 8.42 Å². The Balaban J connectivity index is 1.46. The van der Waals surface area contributed by atoms with Crippen molar-refractivity contribution in [2.75, 3.05) is 56.6 Å². The SMILES string of the molecule is O=C(CNc1cc(S(=O)(=O)N2CCOCC2)ccc1NCC1CCCO1)NC1CCCCC1. The highest BCUT2D eigenvalue weighted by atomic mass is 32.2. The van der Waals surface area contributed by atoms with Gasteiger partial charge in [0.05, 0.1) is 42.1 Å². The minimum Gasteiger partial charge on any atom is -0.381 e. The van der Waals surface area contributed by atoms with E-state index >= 15 is 0 Å². The molecule has 3 fully saturated rings. The van der Waals surface area contributed by atoms with Gasteiger partial charge in [0.1, 0.15) is 0 Å². The lowest BCUT2D eigenvalue weighted by atomic mass is 9.95. The predicted molar refractivity (Wildman–Crippen MR) is 127 cm³/mol. The van der Waals surface area contributed by atoms with Crippen LogP contribution in [0.25, 0.3) is 0 Å². The van der Waals surface area contributed by atoms with Crippen LogP contribution in [0.1, 0.15) is 44.9 Å². The van der Waals surface area contributed by atoms with Crippen molar-refractivity contribution in [2.24, 2.45) is 0 Å². The molecule has 1 amide bonds. The van der Waals surface area contributed by atoms with Crippen LogP contribution in [-0.2, 0) is 24.3 Å². The molecule has 184 valence electrons. The highest BCUT2D eigenvalue weighted by Crippen LogP contribution is 2.28. The fourth-order valence-electron chi connectivity index (χ4n) is 4.65. The van der Waals surface area contributed by atoms with Crippen molar-refractivity contribution in [2.45, 2.75) is 62.0 Å². The van der Waals surface area contributed by atoms with Crippen LogP contribution in [0.4, 0.5) is 11.4 Å². The Morgan fingerprint density at radius 2 is 1.76 bits per heavy atom. The van der Waals surface area contributed by atoms with Gasteiger partial charge >= 0.3 is 0 Å². The second kappa shape index (κ2) is 11.5. The van der Waals surface area contributed by atoms with Crippen LogP contribution in [0.2, 0.25) is 0 Å². The summed E-state index contributed by atoms with van der Waals surface area (Å²) >= 11 is 0. The molecule has 1 unspecified atom stereocenters. The van der Waals surface area contributed by atoms with E-state index in [0.717, 1.165) is 50.8 Å². The number of hydrogen-bond acceptors (Lipinski definition) is 7. The molecule has 0 radical (unpaired) electrons. The number of nitrogens with zero attached hydrogens (tertiary/aromatic N) is 1. The first kappa shape index (κ1) is 24.3. The number of carbonyl (C=O) groups excluding carboxylic acids is 1. The van der Waals surface area contributed by atoms with Crippen LogP contribution in [0.5, 0.6) is 0 Å². The normalized spacial score (nSPS) is 22.7. The smallest absolute Gasteiger partial charge is 0.243 e. The fourth-order valence-corrected chi connectivity index (χ4v) is 6.09. The molecule has 2 aliphatic heterocycles. The van der Waals surface area contributed by atoms with Gasteiger partial charge in [0.15, 0.2) is 0 Å². The van der Waals surface area contributed by atoms with Gasteiger partial charge < -0.3 is 25.4 Å². The number of carbonyl (C=O) groups is 1. The number of rotatable bonds is 9. The number of benzene rings is 1. The minimum absolute atomic E-state index is 0.0755. The van der Waals surface area contributed by atoms with Gasteiger partial charge in [0.25, 0.3) is 0 Å². The highest BCUT2D eigenvalue weighted by Gasteiger charge is 2.27. The van der Waals surface area contributed by atoms with Gasteiger partial charge in [-0.2, -0.15) is 4.31 Å². The van der Waals surface area contributed by atoms with Crippen LogP contribution in [0, 0.1) is 0 Å². The summed E-state index contributed by atoms with van der Waals surface area (Å²) in [5, 5.41) is 9.64. The van der Waals surface area contributed by atoms with Crippen molar-refractivity contribution in [3.8, 4) is 0 Å². The number of nitrogens with one attached hydrogen (secondary N) is 3. The van der Waals surface area contributed by atoms with Crippen LogP contribution >= 0.6 is 0 Å². The van der Waals surface area contributed by atoms with E-state index in [1.54, 1.807) is 18.2 Å². The molecular formula is C23H36N4O5S. The highest BCUT2D eigenvalue weighted by molar-refractivity contribution is 7.89. The third-order valence-corrected chi connectivity index (χ3v) is 8.45. The van der Waals surface area contributed by atoms with Gasteiger partial charge in [-0.3, -0.25) is 4.79 Å². The number of morpholine rings is 1. The summed E-state index contributed by atoms with van der Waals surface area (Å²) in [6.07, 6.45) is 7.77. The standard InChI is InChI=1S/C23H36N4O5S/c28-23(26-18-5-2-1-3-6-18)17-25-22-15-20(33(29,30)27-10-13-31-14-11-27)8-9-21(22)24-16-19-7-4-12-32-19/h8-9,15,18-19,24-25H,1-7,10-14,16-17H2,(H,26,28). The number of anilines is 2.